The highest BCUT2D eigenvalue weighted by Crippen LogP contribution is 2.40. The quantitative estimate of drug-likeness (QED) is 0.793. The molecule has 3 heteroatoms. The Morgan fingerprint density at radius 2 is 2.19 bits per heavy atom. The summed E-state index contributed by atoms with van der Waals surface area (Å²) in [7, 11) is 0. The van der Waals surface area contributed by atoms with Crippen molar-refractivity contribution in [1.29, 1.82) is 5.26 Å². The number of amides is 1. The third-order valence-corrected chi connectivity index (χ3v) is 4.42. The van der Waals surface area contributed by atoms with Crippen LogP contribution in [0.4, 0.5) is 0 Å². The fourth-order valence-electron chi connectivity index (χ4n) is 2.84. The first-order valence-corrected chi connectivity index (χ1v) is 6.37. The smallest absolute Gasteiger partial charge is 0.240 e. The van der Waals surface area contributed by atoms with Crippen molar-refractivity contribution in [3.05, 3.63) is 0 Å². The number of nitrogens with zero attached hydrogens (tertiary/aromatic N) is 1. The summed E-state index contributed by atoms with van der Waals surface area (Å²) in [6.45, 7) is 3.02. The van der Waals surface area contributed by atoms with Crippen molar-refractivity contribution in [2.45, 2.75) is 45.4 Å². The van der Waals surface area contributed by atoms with Crippen LogP contribution in [0.15, 0.2) is 0 Å². The molecule has 2 fully saturated rings. The average Bonchev–Trinajstić information content (AvgIpc) is 2.60. The van der Waals surface area contributed by atoms with E-state index >= 15 is 0 Å². The highest BCUT2D eigenvalue weighted by atomic mass is 16.2. The number of carbonyl (C=O) groups excluding carboxylic acids is 1. The topological polar surface area (TPSA) is 52.9 Å². The van der Waals surface area contributed by atoms with E-state index in [1.807, 2.05) is 0 Å². The van der Waals surface area contributed by atoms with E-state index in [0.29, 0.717) is 5.92 Å². The molecule has 2 unspecified atom stereocenters. The Kier molecular flexibility index (Phi) is 3.18. The maximum Gasteiger partial charge on any atom is 0.240 e. The molecule has 0 radical (unpaired) electrons. The molecule has 0 aromatic heterocycles. The zero-order valence-electron chi connectivity index (χ0n) is 9.96. The second-order valence-corrected chi connectivity index (χ2v) is 5.43. The standard InChI is InChI=1S/C13H20N2O/c1-10-4-2-5-11(10)8-15-12(16)13(9-14)6-3-7-13/h10-11H,2-8H2,1H3,(H,15,16). The van der Waals surface area contributed by atoms with E-state index in [1.165, 1.54) is 19.3 Å². The number of nitriles is 1. The molecule has 3 nitrogen and oxygen atoms in total. The molecule has 2 saturated carbocycles. The Balaban J connectivity index is 1.82. The molecule has 1 amide bonds. The lowest BCUT2D eigenvalue weighted by molar-refractivity contribution is -0.132. The first-order chi connectivity index (χ1) is 7.68. The van der Waals surface area contributed by atoms with Gasteiger partial charge in [0.25, 0.3) is 0 Å². The summed E-state index contributed by atoms with van der Waals surface area (Å²) in [5, 5.41) is 12.0. The van der Waals surface area contributed by atoms with Crippen LogP contribution >= 0.6 is 0 Å². The van der Waals surface area contributed by atoms with Gasteiger partial charge in [-0.15, -0.1) is 0 Å². The van der Waals surface area contributed by atoms with Crippen molar-refractivity contribution in [2.75, 3.05) is 6.54 Å². The Hall–Kier alpha value is -1.04. The number of hydrogen-bond acceptors (Lipinski definition) is 2. The van der Waals surface area contributed by atoms with Gasteiger partial charge in [0.15, 0.2) is 0 Å². The summed E-state index contributed by atoms with van der Waals surface area (Å²) in [5.74, 6) is 1.32. The van der Waals surface area contributed by atoms with Crippen molar-refractivity contribution < 1.29 is 4.79 Å². The van der Waals surface area contributed by atoms with E-state index in [4.69, 9.17) is 5.26 Å². The molecule has 0 saturated heterocycles. The molecule has 2 aliphatic rings. The molecule has 0 aromatic rings. The fourth-order valence-corrected chi connectivity index (χ4v) is 2.84. The maximum absolute atomic E-state index is 11.9. The molecule has 0 spiro atoms. The number of hydrogen-bond donors (Lipinski definition) is 1. The predicted octanol–water partition coefficient (Wildman–Crippen LogP) is 2.23. The number of rotatable bonds is 3. The van der Waals surface area contributed by atoms with Gasteiger partial charge in [0.05, 0.1) is 6.07 Å². The lowest BCUT2D eigenvalue weighted by atomic mass is 9.69. The lowest BCUT2D eigenvalue weighted by Gasteiger charge is -2.33. The van der Waals surface area contributed by atoms with Crippen LogP contribution in [-0.4, -0.2) is 12.5 Å². The van der Waals surface area contributed by atoms with Gasteiger partial charge in [-0.05, 0) is 37.5 Å². The molecule has 2 rings (SSSR count). The molecule has 2 atom stereocenters. The summed E-state index contributed by atoms with van der Waals surface area (Å²) in [4.78, 5) is 11.9. The van der Waals surface area contributed by atoms with E-state index in [1.54, 1.807) is 0 Å². The number of nitrogens with one attached hydrogen (secondary N) is 1. The van der Waals surface area contributed by atoms with Crippen molar-refractivity contribution in [1.82, 2.24) is 5.32 Å². The molecular weight excluding hydrogens is 200 g/mol. The van der Waals surface area contributed by atoms with Crippen molar-refractivity contribution in [3.8, 4) is 6.07 Å². The Bertz CT molecular complexity index is 314. The Morgan fingerprint density at radius 1 is 1.44 bits per heavy atom. The van der Waals surface area contributed by atoms with Gasteiger partial charge in [0.2, 0.25) is 5.91 Å². The van der Waals surface area contributed by atoms with Gasteiger partial charge in [-0.1, -0.05) is 19.8 Å². The van der Waals surface area contributed by atoms with Crippen LogP contribution in [0.5, 0.6) is 0 Å². The zero-order chi connectivity index (χ0) is 11.6. The summed E-state index contributed by atoms with van der Waals surface area (Å²) in [6, 6.07) is 2.19. The van der Waals surface area contributed by atoms with Gasteiger partial charge >= 0.3 is 0 Å². The van der Waals surface area contributed by atoms with Gasteiger partial charge in [-0.2, -0.15) is 5.26 Å². The van der Waals surface area contributed by atoms with Gasteiger partial charge in [0.1, 0.15) is 5.41 Å². The highest BCUT2D eigenvalue weighted by molar-refractivity contribution is 5.86. The zero-order valence-corrected chi connectivity index (χ0v) is 9.96. The monoisotopic (exact) mass is 220 g/mol. The minimum Gasteiger partial charge on any atom is -0.354 e. The highest BCUT2D eigenvalue weighted by Gasteiger charge is 2.44. The molecule has 16 heavy (non-hydrogen) atoms. The van der Waals surface area contributed by atoms with E-state index < -0.39 is 5.41 Å². The average molecular weight is 220 g/mol. The van der Waals surface area contributed by atoms with Crippen LogP contribution in [0.25, 0.3) is 0 Å². The van der Waals surface area contributed by atoms with E-state index in [0.717, 1.165) is 31.7 Å². The molecule has 0 aliphatic heterocycles. The first kappa shape index (κ1) is 11.4. The minimum absolute atomic E-state index is 0.0275. The third kappa shape index (κ3) is 1.93. The van der Waals surface area contributed by atoms with Gasteiger partial charge < -0.3 is 5.32 Å². The molecular formula is C13H20N2O. The van der Waals surface area contributed by atoms with Crippen molar-refractivity contribution >= 4 is 5.91 Å². The maximum atomic E-state index is 11.9. The molecule has 0 bridgehead atoms. The van der Waals surface area contributed by atoms with Gasteiger partial charge in [-0.3, -0.25) is 4.79 Å². The minimum atomic E-state index is -0.679. The largest absolute Gasteiger partial charge is 0.354 e. The second kappa shape index (κ2) is 4.45. The van der Waals surface area contributed by atoms with Crippen LogP contribution < -0.4 is 5.32 Å². The molecule has 0 aromatic carbocycles. The predicted molar refractivity (Wildman–Crippen MR) is 61.4 cm³/mol. The molecule has 1 N–H and O–H groups in total. The van der Waals surface area contributed by atoms with Crippen LogP contribution in [0, 0.1) is 28.6 Å². The Labute approximate surface area is 97.2 Å². The van der Waals surface area contributed by atoms with Gasteiger partial charge in [0, 0.05) is 6.54 Å². The van der Waals surface area contributed by atoms with Crippen molar-refractivity contribution in [3.63, 3.8) is 0 Å². The van der Waals surface area contributed by atoms with Gasteiger partial charge in [-0.25, -0.2) is 0 Å². The molecule has 2 aliphatic carbocycles. The van der Waals surface area contributed by atoms with Crippen LogP contribution in [0.1, 0.15) is 45.4 Å². The fraction of sp³-hybridized carbons (Fsp3) is 0.846. The SMILES string of the molecule is CC1CCCC1CNC(=O)C1(C#N)CCC1. The Morgan fingerprint density at radius 3 is 2.62 bits per heavy atom. The second-order valence-electron chi connectivity index (χ2n) is 5.43. The van der Waals surface area contributed by atoms with E-state index in [2.05, 4.69) is 18.3 Å². The first-order valence-electron chi connectivity index (χ1n) is 6.37. The summed E-state index contributed by atoms with van der Waals surface area (Å²) in [5.41, 5.74) is -0.679. The molecule has 0 heterocycles. The summed E-state index contributed by atoms with van der Waals surface area (Å²) in [6.07, 6.45) is 6.29. The number of carbonyl (C=O) groups is 1. The third-order valence-electron chi connectivity index (χ3n) is 4.42. The normalized spacial score (nSPS) is 31.5. The summed E-state index contributed by atoms with van der Waals surface area (Å²) < 4.78 is 0. The lowest BCUT2D eigenvalue weighted by Crippen LogP contribution is -2.46. The van der Waals surface area contributed by atoms with Crippen molar-refractivity contribution in [2.24, 2.45) is 17.3 Å². The van der Waals surface area contributed by atoms with Crippen LogP contribution in [0.2, 0.25) is 0 Å². The van der Waals surface area contributed by atoms with Crippen LogP contribution in [-0.2, 0) is 4.79 Å². The van der Waals surface area contributed by atoms with E-state index in [9.17, 15) is 4.79 Å². The van der Waals surface area contributed by atoms with Crippen LogP contribution in [0.3, 0.4) is 0 Å². The molecule has 88 valence electrons. The summed E-state index contributed by atoms with van der Waals surface area (Å²) >= 11 is 0. The van der Waals surface area contributed by atoms with E-state index in [-0.39, 0.29) is 5.91 Å².